The van der Waals surface area contributed by atoms with E-state index in [1.807, 2.05) is 0 Å². The van der Waals surface area contributed by atoms with E-state index < -0.39 is 17.8 Å². The molecule has 1 amide bonds. The smallest absolute Gasteiger partial charge is 0.416 e. The van der Waals surface area contributed by atoms with Crippen LogP contribution in [0.3, 0.4) is 0 Å². The number of nitrogens with one attached hydrogen (secondary N) is 1. The van der Waals surface area contributed by atoms with Crippen molar-refractivity contribution in [2.24, 2.45) is 0 Å². The first-order chi connectivity index (χ1) is 13.7. The summed E-state index contributed by atoms with van der Waals surface area (Å²) in [5, 5.41) is 12.3. The number of amides is 1. The number of ether oxygens (including phenoxy) is 1. The van der Waals surface area contributed by atoms with Crippen molar-refractivity contribution < 1.29 is 27.8 Å². The lowest BCUT2D eigenvalue weighted by atomic mass is 10.1. The van der Waals surface area contributed by atoms with E-state index in [-0.39, 0.29) is 24.2 Å². The van der Waals surface area contributed by atoms with Crippen LogP contribution in [0.5, 0.6) is 5.88 Å². The quantitative estimate of drug-likeness (QED) is 0.680. The number of carbonyl (C=O) groups is 1. The molecule has 0 spiro atoms. The SMILES string of the molecule is COc1nc(-c2ccc(C(F)(F)F)cc2)nc2cc(C(=O)N[C@H](C)CO)ccc12. The van der Waals surface area contributed by atoms with Crippen LogP contribution in [0.1, 0.15) is 22.8 Å². The molecule has 2 N–H and O–H groups in total. The topological polar surface area (TPSA) is 84.3 Å². The number of aliphatic hydroxyl groups is 1. The number of benzene rings is 2. The predicted octanol–water partition coefficient (Wildman–Crippen LogP) is 3.43. The number of aromatic nitrogens is 2. The fourth-order valence-corrected chi connectivity index (χ4v) is 2.69. The Bertz CT molecular complexity index is 1040. The van der Waals surface area contributed by atoms with Gasteiger partial charge in [-0.05, 0) is 37.3 Å². The Balaban J connectivity index is 2.04. The van der Waals surface area contributed by atoms with Crippen molar-refractivity contribution in [2.45, 2.75) is 19.1 Å². The molecule has 29 heavy (non-hydrogen) atoms. The second-order valence-electron chi connectivity index (χ2n) is 6.42. The summed E-state index contributed by atoms with van der Waals surface area (Å²) >= 11 is 0. The monoisotopic (exact) mass is 405 g/mol. The highest BCUT2D eigenvalue weighted by Crippen LogP contribution is 2.32. The number of aliphatic hydroxyl groups excluding tert-OH is 1. The van der Waals surface area contributed by atoms with Gasteiger partial charge < -0.3 is 15.2 Å². The maximum Gasteiger partial charge on any atom is 0.416 e. The maximum atomic E-state index is 12.8. The number of alkyl halides is 3. The van der Waals surface area contributed by atoms with Gasteiger partial charge in [0.2, 0.25) is 5.88 Å². The first kappa shape index (κ1) is 20.5. The van der Waals surface area contributed by atoms with Crippen LogP contribution in [-0.2, 0) is 6.18 Å². The summed E-state index contributed by atoms with van der Waals surface area (Å²) in [6.45, 7) is 1.46. The predicted molar refractivity (Wildman–Crippen MR) is 101 cm³/mol. The van der Waals surface area contributed by atoms with Crippen LogP contribution in [0.25, 0.3) is 22.3 Å². The number of carbonyl (C=O) groups excluding carboxylic acids is 1. The van der Waals surface area contributed by atoms with Crippen molar-refractivity contribution in [3.05, 3.63) is 53.6 Å². The van der Waals surface area contributed by atoms with Crippen molar-refractivity contribution in [1.29, 1.82) is 0 Å². The Morgan fingerprint density at radius 1 is 1.17 bits per heavy atom. The number of fused-ring (bicyclic) bond motifs is 1. The first-order valence-corrected chi connectivity index (χ1v) is 8.68. The molecular weight excluding hydrogens is 387 g/mol. The number of nitrogens with zero attached hydrogens (tertiary/aromatic N) is 2. The minimum absolute atomic E-state index is 0.171. The second kappa shape index (κ2) is 8.04. The third kappa shape index (κ3) is 4.45. The lowest BCUT2D eigenvalue weighted by molar-refractivity contribution is -0.137. The molecule has 0 aliphatic rings. The molecule has 6 nitrogen and oxygen atoms in total. The van der Waals surface area contributed by atoms with E-state index in [0.29, 0.717) is 22.0 Å². The molecule has 1 aromatic heterocycles. The summed E-state index contributed by atoms with van der Waals surface area (Å²) < 4.78 is 43.6. The molecule has 0 fully saturated rings. The van der Waals surface area contributed by atoms with Crippen LogP contribution in [0, 0.1) is 0 Å². The van der Waals surface area contributed by atoms with E-state index in [4.69, 9.17) is 9.84 Å². The van der Waals surface area contributed by atoms with E-state index in [1.165, 1.54) is 25.3 Å². The van der Waals surface area contributed by atoms with Crippen LogP contribution in [0.15, 0.2) is 42.5 Å². The van der Waals surface area contributed by atoms with Crippen LogP contribution >= 0.6 is 0 Å². The summed E-state index contributed by atoms with van der Waals surface area (Å²) in [7, 11) is 1.42. The molecular formula is C20H18F3N3O3. The van der Waals surface area contributed by atoms with E-state index in [1.54, 1.807) is 19.1 Å². The molecule has 0 saturated heterocycles. The zero-order chi connectivity index (χ0) is 21.2. The summed E-state index contributed by atoms with van der Waals surface area (Å²) in [6, 6.07) is 8.79. The van der Waals surface area contributed by atoms with Gasteiger partial charge in [0.25, 0.3) is 5.91 Å². The van der Waals surface area contributed by atoms with Crippen molar-refractivity contribution in [3.63, 3.8) is 0 Å². The number of methoxy groups -OCH3 is 1. The largest absolute Gasteiger partial charge is 0.480 e. The summed E-state index contributed by atoms with van der Waals surface area (Å²) in [4.78, 5) is 21.0. The number of halogens is 3. The molecule has 2 aromatic carbocycles. The molecule has 0 bridgehead atoms. The van der Waals surface area contributed by atoms with Gasteiger partial charge in [-0.25, -0.2) is 4.98 Å². The van der Waals surface area contributed by atoms with Gasteiger partial charge in [-0.1, -0.05) is 12.1 Å². The van der Waals surface area contributed by atoms with Crippen molar-refractivity contribution in [3.8, 4) is 17.3 Å². The van der Waals surface area contributed by atoms with Gasteiger partial charge in [0.15, 0.2) is 5.82 Å². The van der Waals surface area contributed by atoms with Crippen LogP contribution in [-0.4, -0.2) is 40.7 Å². The Morgan fingerprint density at radius 2 is 1.86 bits per heavy atom. The van der Waals surface area contributed by atoms with Gasteiger partial charge in [-0.15, -0.1) is 0 Å². The highest BCUT2D eigenvalue weighted by molar-refractivity contribution is 5.99. The minimum Gasteiger partial charge on any atom is -0.480 e. The molecule has 0 aliphatic carbocycles. The Kier molecular flexibility index (Phi) is 5.69. The van der Waals surface area contributed by atoms with E-state index >= 15 is 0 Å². The second-order valence-corrected chi connectivity index (χ2v) is 6.42. The Hall–Kier alpha value is -3.20. The van der Waals surface area contributed by atoms with Gasteiger partial charge in [-0.3, -0.25) is 4.79 Å². The first-order valence-electron chi connectivity index (χ1n) is 8.68. The normalized spacial score (nSPS) is 12.6. The Labute approximate surface area is 164 Å². The molecule has 1 heterocycles. The minimum atomic E-state index is -4.44. The van der Waals surface area contributed by atoms with Crippen molar-refractivity contribution in [2.75, 3.05) is 13.7 Å². The third-order valence-electron chi connectivity index (χ3n) is 4.24. The Morgan fingerprint density at radius 3 is 2.45 bits per heavy atom. The van der Waals surface area contributed by atoms with Gasteiger partial charge >= 0.3 is 6.18 Å². The van der Waals surface area contributed by atoms with E-state index in [0.717, 1.165) is 12.1 Å². The molecule has 0 aliphatic heterocycles. The zero-order valence-corrected chi connectivity index (χ0v) is 15.6. The van der Waals surface area contributed by atoms with Crippen molar-refractivity contribution >= 4 is 16.8 Å². The highest BCUT2D eigenvalue weighted by atomic mass is 19.4. The fraction of sp³-hybridized carbons (Fsp3) is 0.250. The van der Waals surface area contributed by atoms with Crippen LogP contribution in [0.4, 0.5) is 13.2 Å². The molecule has 0 radical (unpaired) electrons. The number of hydrogen-bond donors (Lipinski definition) is 2. The lowest BCUT2D eigenvalue weighted by Crippen LogP contribution is -2.34. The summed E-state index contributed by atoms with van der Waals surface area (Å²) in [5.74, 6) is 0.0204. The molecule has 9 heteroatoms. The third-order valence-corrected chi connectivity index (χ3v) is 4.24. The maximum absolute atomic E-state index is 12.8. The average molecular weight is 405 g/mol. The summed E-state index contributed by atoms with van der Waals surface area (Å²) in [5.41, 5.74) is 0.320. The van der Waals surface area contributed by atoms with E-state index in [2.05, 4.69) is 15.3 Å². The molecule has 152 valence electrons. The van der Waals surface area contributed by atoms with Gasteiger partial charge in [0, 0.05) is 17.2 Å². The molecule has 3 rings (SSSR count). The number of hydrogen-bond acceptors (Lipinski definition) is 5. The zero-order valence-electron chi connectivity index (χ0n) is 15.6. The average Bonchev–Trinajstić information content (AvgIpc) is 2.71. The lowest BCUT2D eigenvalue weighted by Gasteiger charge is -2.12. The van der Waals surface area contributed by atoms with Gasteiger partial charge in [-0.2, -0.15) is 18.2 Å². The molecule has 0 unspecified atom stereocenters. The van der Waals surface area contributed by atoms with Crippen LogP contribution in [0.2, 0.25) is 0 Å². The van der Waals surface area contributed by atoms with Crippen LogP contribution < -0.4 is 10.1 Å². The number of rotatable bonds is 5. The fourth-order valence-electron chi connectivity index (χ4n) is 2.69. The van der Waals surface area contributed by atoms with Crippen molar-refractivity contribution in [1.82, 2.24) is 15.3 Å². The van der Waals surface area contributed by atoms with E-state index in [9.17, 15) is 18.0 Å². The molecule has 3 aromatic rings. The van der Waals surface area contributed by atoms with Gasteiger partial charge in [0.05, 0.1) is 30.2 Å². The standard InChI is InChI=1S/C20H18F3N3O3/c1-11(10-27)24-18(28)13-5-8-15-16(9-13)25-17(26-19(15)29-2)12-3-6-14(7-4-12)20(21,22)23/h3-9,11,27H,10H2,1-2H3,(H,24,28)/t11-/m1/s1. The summed E-state index contributed by atoms with van der Waals surface area (Å²) in [6.07, 6.45) is -4.44. The molecule has 1 atom stereocenters. The highest BCUT2D eigenvalue weighted by Gasteiger charge is 2.30. The molecule has 0 saturated carbocycles. The van der Waals surface area contributed by atoms with Gasteiger partial charge in [0.1, 0.15) is 0 Å².